The van der Waals surface area contributed by atoms with Gasteiger partial charge < -0.3 is 19.8 Å². The van der Waals surface area contributed by atoms with Crippen molar-refractivity contribution >= 4 is 16.8 Å². The van der Waals surface area contributed by atoms with E-state index in [-0.39, 0.29) is 17.7 Å². The molecular weight excluding hydrogens is 397 g/mol. The number of H-pyrrole nitrogens is 1. The first kappa shape index (κ1) is 21.5. The number of aromatic amines is 1. The molecule has 160 valence electrons. The maximum atomic E-state index is 13.6. The molecule has 0 radical (unpaired) electrons. The van der Waals surface area contributed by atoms with Crippen LogP contribution >= 0.6 is 0 Å². The molecule has 5 nitrogen and oxygen atoms in total. The topological polar surface area (TPSA) is 63.3 Å². The second-order valence-corrected chi connectivity index (χ2v) is 6.87. The molecule has 8 heteroatoms. The monoisotopic (exact) mass is 420 g/mol. The second-order valence-electron chi connectivity index (χ2n) is 6.87. The predicted molar refractivity (Wildman–Crippen MR) is 108 cm³/mol. The van der Waals surface area contributed by atoms with Crippen molar-refractivity contribution in [3.8, 4) is 11.5 Å². The molecule has 3 rings (SSSR count). The number of para-hydroxylation sites is 1. The molecule has 1 aromatic heterocycles. The van der Waals surface area contributed by atoms with Crippen molar-refractivity contribution < 1.29 is 27.4 Å². The van der Waals surface area contributed by atoms with Crippen molar-refractivity contribution in [2.75, 3.05) is 14.2 Å². The molecule has 0 saturated carbocycles. The Morgan fingerprint density at radius 2 is 1.83 bits per heavy atom. The van der Waals surface area contributed by atoms with Crippen LogP contribution in [-0.2, 0) is 11.2 Å². The summed E-state index contributed by atoms with van der Waals surface area (Å²) in [6.45, 7) is 0. The lowest BCUT2D eigenvalue weighted by atomic mass is 10.0. The van der Waals surface area contributed by atoms with Crippen LogP contribution in [0.2, 0.25) is 0 Å². The third-order valence-electron chi connectivity index (χ3n) is 4.90. The largest absolute Gasteiger partial charge is 0.493 e. The lowest BCUT2D eigenvalue weighted by Gasteiger charge is -2.23. The Hall–Kier alpha value is -3.16. The van der Waals surface area contributed by atoms with Gasteiger partial charge in [0.1, 0.15) is 0 Å². The molecule has 2 N–H and O–H groups in total. The number of carbonyl (C=O) groups excluding carboxylic acids is 1. The van der Waals surface area contributed by atoms with Crippen LogP contribution < -0.4 is 14.8 Å². The van der Waals surface area contributed by atoms with Gasteiger partial charge in [-0.1, -0.05) is 24.3 Å². The van der Waals surface area contributed by atoms with Crippen LogP contribution in [-0.4, -0.2) is 31.3 Å². The number of rotatable bonds is 8. The number of aromatic nitrogens is 1. The highest BCUT2D eigenvalue weighted by Crippen LogP contribution is 2.37. The van der Waals surface area contributed by atoms with E-state index in [9.17, 15) is 18.0 Å². The van der Waals surface area contributed by atoms with Crippen molar-refractivity contribution in [2.45, 2.75) is 31.5 Å². The summed E-state index contributed by atoms with van der Waals surface area (Å²) < 4.78 is 51.0. The maximum Gasteiger partial charge on any atom is 0.412 e. The van der Waals surface area contributed by atoms with E-state index in [0.29, 0.717) is 18.6 Å². The minimum atomic E-state index is -4.65. The SMILES string of the molecule is COc1ccc([C@@H](NC(=O)CCCc2c[nH]c3ccccc23)C(F)(F)F)cc1OC. The van der Waals surface area contributed by atoms with Crippen molar-refractivity contribution in [3.63, 3.8) is 0 Å². The summed E-state index contributed by atoms with van der Waals surface area (Å²) in [6, 6.07) is 9.51. The predicted octanol–water partition coefficient (Wildman–Crippen LogP) is 4.93. The number of fused-ring (bicyclic) bond motifs is 1. The lowest BCUT2D eigenvalue weighted by Crippen LogP contribution is -2.38. The third kappa shape index (κ3) is 4.87. The molecule has 1 heterocycles. The fourth-order valence-corrected chi connectivity index (χ4v) is 3.40. The third-order valence-corrected chi connectivity index (χ3v) is 4.90. The molecule has 3 aromatic rings. The van der Waals surface area contributed by atoms with E-state index >= 15 is 0 Å². The summed E-state index contributed by atoms with van der Waals surface area (Å²) >= 11 is 0. The second kappa shape index (κ2) is 9.11. The number of benzene rings is 2. The summed E-state index contributed by atoms with van der Waals surface area (Å²) in [5.74, 6) is -0.183. The highest BCUT2D eigenvalue weighted by Gasteiger charge is 2.42. The first-order valence-electron chi connectivity index (χ1n) is 9.46. The Labute approximate surface area is 172 Å². The van der Waals surface area contributed by atoms with Gasteiger partial charge in [-0.05, 0) is 42.2 Å². The van der Waals surface area contributed by atoms with Crippen LogP contribution in [0.4, 0.5) is 13.2 Å². The highest BCUT2D eigenvalue weighted by molar-refractivity contribution is 5.83. The van der Waals surface area contributed by atoms with Crippen molar-refractivity contribution in [3.05, 3.63) is 59.8 Å². The molecule has 0 fully saturated rings. The molecule has 0 unspecified atom stereocenters. The van der Waals surface area contributed by atoms with Gasteiger partial charge in [-0.15, -0.1) is 0 Å². The number of hydrogen-bond donors (Lipinski definition) is 2. The van der Waals surface area contributed by atoms with E-state index in [4.69, 9.17) is 9.47 Å². The molecule has 1 amide bonds. The highest BCUT2D eigenvalue weighted by atomic mass is 19.4. The molecule has 2 aromatic carbocycles. The minimum Gasteiger partial charge on any atom is -0.493 e. The van der Waals surface area contributed by atoms with Gasteiger partial charge in [0, 0.05) is 23.5 Å². The quantitative estimate of drug-likeness (QED) is 0.543. The summed E-state index contributed by atoms with van der Waals surface area (Å²) in [5.41, 5.74) is 1.90. The van der Waals surface area contributed by atoms with Crippen LogP contribution in [0.1, 0.15) is 30.0 Å². The number of amides is 1. The van der Waals surface area contributed by atoms with E-state index in [1.807, 2.05) is 30.5 Å². The molecule has 0 aliphatic carbocycles. The van der Waals surface area contributed by atoms with Crippen LogP contribution in [0, 0.1) is 0 Å². The van der Waals surface area contributed by atoms with Gasteiger partial charge in [0.25, 0.3) is 0 Å². The zero-order valence-corrected chi connectivity index (χ0v) is 16.7. The molecule has 0 aliphatic rings. The van der Waals surface area contributed by atoms with Gasteiger partial charge in [-0.25, -0.2) is 0 Å². The molecule has 0 saturated heterocycles. The van der Waals surface area contributed by atoms with Crippen LogP contribution in [0.15, 0.2) is 48.7 Å². The molecule has 30 heavy (non-hydrogen) atoms. The number of aryl methyl sites for hydroxylation is 1. The first-order chi connectivity index (χ1) is 14.3. The first-order valence-corrected chi connectivity index (χ1v) is 9.46. The van der Waals surface area contributed by atoms with Gasteiger partial charge in [-0.2, -0.15) is 13.2 Å². The Morgan fingerprint density at radius 3 is 2.53 bits per heavy atom. The summed E-state index contributed by atoms with van der Waals surface area (Å²) in [5, 5.41) is 3.16. The van der Waals surface area contributed by atoms with Gasteiger partial charge in [0.05, 0.1) is 14.2 Å². The molecule has 0 bridgehead atoms. The summed E-state index contributed by atoms with van der Waals surface area (Å²) in [4.78, 5) is 15.4. The fourth-order valence-electron chi connectivity index (χ4n) is 3.40. The molecular formula is C22H23F3N2O3. The zero-order chi connectivity index (χ0) is 21.7. The molecule has 0 spiro atoms. The van der Waals surface area contributed by atoms with E-state index in [0.717, 1.165) is 16.5 Å². The normalized spacial score (nSPS) is 12.6. The number of hydrogen-bond acceptors (Lipinski definition) is 3. The van der Waals surface area contributed by atoms with Crippen LogP contribution in [0.25, 0.3) is 10.9 Å². The Balaban J connectivity index is 1.66. The Kier molecular flexibility index (Phi) is 6.54. The van der Waals surface area contributed by atoms with E-state index < -0.39 is 18.1 Å². The van der Waals surface area contributed by atoms with Crippen LogP contribution in [0.5, 0.6) is 11.5 Å². The smallest absolute Gasteiger partial charge is 0.412 e. The van der Waals surface area contributed by atoms with Crippen molar-refractivity contribution in [1.82, 2.24) is 10.3 Å². The van der Waals surface area contributed by atoms with Gasteiger partial charge in [0.2, 0.25) is 5.91 Å². The van der Waals surface area contributed by atoms with Gasteiger partial charge in [-0.3, -0.25) is 4.79 Å². The van der Waals surface area contributed by atoms with E-state index in [2.05, 4.69) is 10.3 Å². The van der Waals surface area contributed by atoms with Crippen LogP contribution in [0.3, 0.4) is 0 Å². The average Bonchev–Trinajstić information content (AvgIpc) is 3.14. The summed E-state index contributed by atoms with van der Waals surface area (Å²) in [6.07, 6.45) is -1.77. The van der Waals surface area contributed by atoms with E-state index in [1.165, 1.54) is 32.4 Å². The van der Waals surface area contributed by atoms with E-state index in [1.54, 1.807) is 0 Å². The summed E-state index contributed by atoms with van der Waals surface area (Å²) in [7, 11) is 2.74. The number of methoxy groups -OCH3 is 2. The maximum absolute atomic E-state index is 13.6. The fraction of sp³-hybridized carbons (Fsp3) is 0.318. The Bertz CT molecular complexity index is 1010. The zero-order valence-electron chi connectivity index (χ0n) is 16.7. The van der Waals surface area contributed by atoms with Gasteiger partial charge >= 0.3 is 6.18 Å². The molecule has 0 aliphatic heterocycles. The number of ether oxygens (including phenoxy) is 2. The molecule has 1 atom stereocenters. The minimum absolute atomic E-state index is 0.0145. The van der Waals surface area contributed by atoms with Crippen molar-refractivity contribution in [2.24, 2.45) is 0 Å². The standard InChI is InChI=1S/C22H23F3N2O3/c1-29-18-11-10-14(12-19(18)30-2)21(22(23,24)25)27-20(28)9-5-6-15-13-26-17-8-4-3-7-16(15)17/h3-4,7-8,10-13,21,26H,5-6,9H2,1-2H3,(H,27,28)/t21-/m1/s1. The van der Waals surface area contributed by atoms with Crippen molar-refractivity contribution in [1.29, 1.82) is 0 Å². The lowest BCUT2D eigenvalue weighted by molar-refractivity contribution is -0.163. The van der Waals surface area contributed by atoms with Gasteiger partial charge in [0.15, 0.2) is 17.5 Å². The number of carbonyl (C=O) groups is 1. The Morgan fingerprint density at radius 1 is 1.10 bits per heavy atom. The number of alkyl halides is 3. The number of halogens is 3. The number of nitrogens with one attached hydrogen (secondary N) is 2. The average molecular weight is 420 g/mol.